The van der Waals surface area contributed by atoms with Crippen LogP contribution in [0.5, 0.6) is 0 Å². The number of likely N-dealkylation sites (N-methyl/N-ethyl adjacent to an activating group) is 1. The second-order valence-corrected chi connectivity index (χ2v) is 4.54. The molecule has 1 fully saturated rings. The summed E-state index contributed by atoms with van der Waals surface area (Å²) in [5.41, 5.74) is 3.96. The average Bonchev–Trinajstić information content (AvgIpc) is 2.37. The SMILES string of the molecule is CNC(c1cccc(C)c1C)C1COCCO1. The quantitative estimate of drug-likeness (QED) is 0.869. The summed E-state index contributed by atoms with van der Waals surface area (Å²) in [6.45, 7) is 6.37. The fraction of sp³-hybridized carbons (Fsp3) is 0.571. The lowest BCUT2D eigenvalue weighted by Crippen LogP contribution is -2.39. The van der Waals surface area contributed by atoms with Crippen molar-refractivity contribution in [2.75, 3.05) is 26.9 Å². The molecule has 0 aliphatic carbocycles. The van der Waals surface area contributed by atoms with Crippen LogP contribution in [-0.4, -0.2) is 33.0 Å². The van der Waals surface area contributed by atoms with E-state index in [0.717, 1.165) is 0 Å². The molecule has 0 aromatic heterocycles. The Balaban J connectivity index is 2.24. The van der Waals surface area contributed by atoms with Gasteiger partial charge in [0.1, 0.15) is 6.10 Å². The van der Waals surface area contributed by atoms with Crippen LogP contribution in [0.3, 0.4) is 0 Å². The van der Waals surface area contributed by atoms with Gasteiger partial charge in [-0.2, -0.15) is 0 Å². The van der Waals surface area contributed by atoms with Gasteiger partial charge in [-0.05, 0) is 37.6 Å². The maximum absolute atomic E-state index is 5.79. The zero-order valence-corrected chi connectivity index (χ0v) is 10.8. The molecule has 0 radical (unpaired) electrons. The van der Waals surface area contributed by atoms with Crippen LogP contribution in [0.2, 0.25) is 0 Å². The first-order chi connectivity index (χ1) is 8.24. The predicted octanol–water partition coefficient (Wildman–Crippen LogP) is 1.98. The summed E-state index contributed by atoms with van der Waals surface area (Å²) >= 11 is 0. The van der Waals surface area contributed by atoms with Gasteiger partial charge in [-0.15, -0.1) is 0 Å². The Labute approximate surface area is 103 Å². The largest absolute Gasteiger partial charge is 0.376 e. The van der Waals surface area contributed by atoms with Crippen molar-refractivity contribution < 1.29 is 9.47 Å². The van der Waals surface area contributed by atoms with Gasteiger partial charge in [0.25, 0.3) is 0 Å². The number of hydrogen-bond acceptors (Lipinski definition) is 3. The molecule has 0 bridgehead atoms. The molecule has 1 aliphatic heterocycles. The first kappa shape index (κ1) is 12.6. The van der Waals surface area contributed by atoms with Crippen LogP contribution in [0, 0.1) is 13.8 Å². The lowest BCUT2D eigenvalue weighted by atomic mass is 9.94. The van der Waals surface area contributed by atoms with E-state index >= 15 is 0 Å². The first-order valence-corrected chi connectivity index (χ1v) is 6.16. The van der Waals surface area contributed by atoms with Gasteiger partial charge in [-0.25, -0.2) is 0 Å². The Morgan fingerprint density at radius 2 is 2.12 bits per heavy atom. The van der Waals surface area contributed by atoms with Crippen molar-refractivity contribution in [3.8, 4) is 0 Å². The van der Waals surface area contributed by atoms with Crippen molar-refractivity contribution in [3.63, 3.8) is 0 Å². The van der Waals surface area contributed by atoms with E-state index in [4.69, 9.17) is 9.47 Å². The highest BCUT2D eigenvalue weighted by Crippen LogP contribution is 2.25. The third kappa shape index (κ3) is 2.68. The van der Waals surface area contributed by atoms with E-state index in [2.05, 4.69) is 37.4 Å². The molecular formula is C14H21NO2. The van der Waals surface area contributed by atoms with Crippen LogP contribution < -0.4 is 5.32 Å². The Morgan fingerprint density at radius 3 is 2.76 bits per heavy atom. The van der Waals surface area contributed by atoms with E-state index < -0.39 is 0 Å². The lowest BCUT2D eigenvalue weighted by molar-refractivity contribution is -0.101. The van der Waals surface area contributed by atoms with E-state index in [1.54, 1.807) is 0 Å². The monoisotopic (exact) mass is 235 g/mol. The Morgan fingerprint density at radius 1 is 1.29 bits per heavy atom. The summed E-state index contributed by atoms with van der Waals surface area (Å²) in [5.74, 6) is 0. The number of nitrogens with one attached hydrogen (secondary N) is 1. The Kier molecular flexibility index (Phi) is 4.15. The second-order valence-electron chi connectivity index (χ2n) is 4.54. The van der Waals surface area contributed by atoms with E-state index in [9.17, 15) is 0 Å². The summed E-state index contributed by atoms with van der Waals surface area (Å²) < 4.78 is 11.3. The molecule has 17 heavy (non-hydrogen) atoms. The minimum absolute atomic E-state index is 0.106. The van der Waals surface area contributed by atoms with Crippen molar-refractivity contribution >= 4 is 0 Å². The standard InChI is InChI=1S/C14H21NO2/c1-10-5-4-6-12(11(10)2)14(15-3)13-9-16-7-8-17-13/h4-6,13-15H,7-9H2,1-3H3. The topological polar surface area (TPSA) is 30.5 Å². The van der Waals surface area contributed by atoms with Crippen molar-refractivity contribution in [2.45, 2.75) is 26.0 Å². The predicted molar refractivity (Wildman–Crippen MR) is 68.3 cm³/mol. The van der Waals surface area contributed by atoms with Gasteiger partial charge in [0.05, 0.1) is 25.9 Å². The van der Waals surface area contributed by atoms with E-state index in [1.165, 1.54) is 16.7 Å². The molecule has 2 rings (SSSR count). The van der Waals surface area contributed by atoms with Gasteiger partial charge in [-0.1, -0.05) is 18.2 Å². The highest BCUT2D eigenvalue weighted by molar-refractivity contribution is 5.36. The number of hydrogen-bond donors (Lipinski definition) is 1. The summed E-state index contributed by atoms with van der Waals surface area (Å²) in [5, 5.41) is 3.35. The van der Waals surface area contributed by atoms with Crippen molar-refractivity contribution in [2.24, 2.45) is 0 Å². The fourth-order valence-electron chi connectivity index (χ4n) is 2.35. The summed E-state index contributed by atoms with van der Waals surface area (Å²) in [6, 6.07) is 6.62. The smallest absolute Gasteiger partial charge is 0.100 e. The van der Waals surface area contributed by atoms with E-state index in [0.29, 0.717) is 19.8 Å². The van der Waals surface area contributed by atoms with Gasteiger partial charge in [0.2, 0.25) is 0 Å². The summed E-state index contributed by atoms with van der Waals surface area (Å²) in [7, 11) is 1.98. The van der Waals surface area contributed by atoms with Crippen molar-refractivity contribution in [1.29, 1.82) is 0 Å². The van der Waals surface area contributed by atoms with Gasteiger partial charge < -0.3 is 14.8 Å². The molecule has 1 aromatic carbocycles. The third-order valence-corrected chi connectivity index (χ3v) is 3.51. The number of ether oxygens (including phenoxy) is 2. The van der Waals surface area contributed by atoms with Crippen molar-refractivity contribution in [1.82, 2.24) is 5.32 Å². The van der Waals surface area contributed by atoms with Crippen LogP contribution in [0.1, 0.15) is 22.7 Å². The molecule has 1 N–H and O–H groups in total. The van der Waals surface area contributed by atoms with E-state index in [1.807, 2.05) is 7.05 Å². The molecular weight excluding hydrogens is 214 g/mol. The van der Waals surface area contributed by atoms with Crippen LogP contribution >= 0.6 is 0 Å². The highest BCUT2D eigenvalue weighted by atomic mass is 16.6. The van der Waals surface area contributed by atoms with Gasteiger partial charge >= 0.3 is 0 Å². The number of aryl methyl sites for hydroxylation is 1. The molecule has 3 nitrogen and oxygen atoms in total. The Hall–Kier alpha value is -0.900. The first-order valence-electron chi connectivity index (χ1n) is 6.16. The molecule has 0 amide bonds. The molecule has 1 saturated heterocycles. The molecule has 2 atom stereocenters. The van der Waals surface area contributed by atoms with Crippen LogP contribution in [0.25, 0.3) is 0 Å². The number of rotatable bonds is 3. The average molecular weight is 235 g/mol. The minimum atomic E-state index is 0.106. The van der Waals surface area contributed by atoms with E-state index in [-0.39, 0.29) is 12.1 Å². The lowest BCUT2D eigenvalue weighted by Gasteiger charge is -2.31. The normalized spacial score (nSPS) is 22.4. The molecule has 2 unspecified atom stereocenters. The fourth-order valence-corrected chi connectivity index (χ4v) is 2.35. The van der Waals surface area contributed by atoms with Gasteiger partial charge in [0.15, 0.2) is 0 Å². The molecule has 0 spiro atoms. The zero-order chi connectivity index (χ0) is 12.3. The maximum Gasteiger partial charge on any atom is 0.100 e. The van der Waals surface area contributed by atoms with Crippen molar-refractivity contribution in [3.05, 3.63) is 34.9 Å². The highest BCUT2D eigenvalue weighted by Gasteiger charge is 2.26. The molecule has 94 valence electrons. The molecule has 0 saturated carbocycles. The van der Waals surface area contributed by atoms with Gasteiger partial charge in [-0.3, -0.25) is 0 Å². The molecule has 1 aromatic rings. The molecule has 1 aliphatic rings. The van der Waals surface area contributed by atoms with Crippen LogP contribution in [-0.2, 0) is 9.47 Å². The molecule has 3 heteroatoms. The van der Waals surface area contributed by atoms with Gasteiger partial charge in [0, 0.05) is 0 Å². The zero-order valence-electron chi connectivity index (χ0n) is 10.8. The second kappa shape index (κ2) is 5.63. The minimum Gasteiger partial charge on any atom is -0.376 e. The number of benzene rings is 1. The summed E-state index contributed by atoms with van der Waals surface area (Å²) in [6.07, 6.45) is 0.106. The maximum atomic E-state index is 5.79. The van der Waals surface area contributed by atoms with Crippen LogP contribution in [0.4, 0.5) is 0 Å². The summed E-state index contributed by atoms with van der Waals surface area (Å²) in [4.78, 5) is 0. The van der Waals surface area contributed by atoms with Crippen LogP contribution in [0.15, 0.2) is 18.2 Å². The Bertz CT molecular complexity index is 372. The third-order valence-electron chi connectivity index (χ3n) is 3.51. The molecule has 1 heterocycles.